The van der Waals surface area contributed by atoms with Crippen LogP contribution >= 0.6 is 0 Å². The summed E-state index contributed by atoms with van der Waals surface area (Å²) in [4.78, 5) is 25.3. The van der Waals surface area contributed by atoms with Crippen molar-refractivity contribution in [3.05, 3.63) is 30.3 Å². The number of piperidine rings is 1. The molecule has 0 aromatic heterocycles. The number of anilines is 1. The molecular weight excluding hydrogens is 244 g/mol. The van der Waals surface area contributed by atoms with Crippen LogP contribution < -0.4 is 5.32 Å². The van der Waals surface area contributed by atoms with Gasteiger partial charge in [0.2, 0.25) is 0 Å². The van der Waals surface area contributed by atoms with E-state index in [0.29, 0.717) is 18.8 Å². The van der Waals surface area contributed by atoms with E-state index in [9.17, 15) is 9.59 Å². The van der Waals surface area contributed by atoms with Crippen LogP contribution in [0.15, 0.2) is 30.3 Å². The Morgan fingerprint density at radius 3 is 2.42 bits per heavy atom. The van der Waals surface area contributed by atoms with Gasteiger partial charge in [-0.1, -0.05) is 18.2 Å². The van der Waals surface area contributed by atoms with Crippen molar-refractivity contribution in [2.45, 2.75) is 12.8 Å². The quantitative estimate of drug-likeness (QED) is 0.777. The first-order valence-electron chi connectivity index (χ1n) is 6.47. The number of benzene rings is 1. The first-order valence-corrected chi connectivity index (χ1v) is 6.47. The zero-order chi connectivity index (χ0) is 13.7. The SMILES string of the molecule is O=C(Nc1ccccc1)C(=O)N1CCC(CO)CC1. The molecule has 1 aliphatic heterocycles. The van der Waals surface area contributed by atoms with Crippen molar-refractivity contribution in [3.8, 4) is 0 Å². The Kier molecular flexibility index (Phi) is 4.52. The van der Waals surface area contributed by atoms with Crippen LogP contribution in [0.4, 0.5) is 5.69 Å². The normalized spacial score (nSPS) is 16.2. The summed E-state index contributed by atoms with van der Waals surface area (Å²) < 4.78 is 0. The molecule has 5 nitrogen and oxygen atoms in total. The summed E-state index contributed by atoms with van der Waals surface area (Å²) in [5.41, 5.74) is 0.617. The van der Waals surface area contributed by atoms with E-state index in [1.165, 1.54) is 0 Å². The first kappa shape index (κ1) is 13.5. The number of aliphatic hydroxyl groups is 1. The standard InChI is InChI=1S/C14H18N2O3/c17-10-11-6-8-16(9-7-11)14(19)13(18)15-12-4-2-1-3-5-12/h1-5,11,17H,6-10H2,(H,15,18). The Bertz CT molecular complexity index is 439. The van der Waals surface area contributed by atoms with Gasteiger partial charge in [0.1, 0.15) is 0 Å². The van der Waals surface area contributed by atoms with Crippen LogP contribution in [0, 0.1) is 5.92 Å². The number of carbonyl (C=O) groups is 2. The van der Waals surface area contributed by atoms with E-state index in [2.05, 4.69) is 5.32 Å². The Hall–Kier alpha value is -1.88. The molecule has 0 spiro atoms. The van der Waals surface area contributed by atoms with E-state index in [-0.39, 0.29) is 12.5 Å². The second kappa shape index (κ2) is 6.33. The molecule has 19 heavy (non-hydrogen) atoms. The molecule has 0 unspecified atom stereocenters. The second-order valence-electron chi connectivity index (χ2n) is 4.74. The predicted molar refractivity (Wildman–Crippen MR) is 71.5 cm³/mol. The molecule has 2 N–H and O–H groups in total. The van der Waals surface area contributed by atoms with Crippen molar-refractivity contribution in [2.24, 2.45) is 5.92 Å². The third-order valence-corrected chi connectivity index (χ3v) is 3.39. The molecule has 0 aliphatic carbocycles. The first-order chi connectivity index (χ1) is 9.20. The lowest BCUT2D eigenvalue weighted by Crippen LogP contribution is -2.44. The summed E-state index contributed by atoms with van der Waals surface area (Å²) in [5.74, 6) is -0.852. The van der Waals surface area contributed by atoms with Crippen LogP contribution in [-0.4, -0.2) is 41.5 Å². The molecule has 1 aromatic carbocycles. The molecule has 1 aliphatic rings. The van der Waals surface area contributed by atoms with Crippen LogP contribution in [0.3, 0.4) is 0 Å². The van der Waals surface area contributed by atoms with Crippen molar-refractivity contribution in [3.63, 3.8) is 0 Å². The van der Waals surface area contributed by atoms with Gasteiger partial charge >= 0.3 is 11.8 Å². The van der Waals surface area contributed by atoms with Crippen LogP contribution in [0.2, 0.25) is 0 Å². The highest BCUT2D eigenvalue weighted by Crippen LogP contribution is 2.16. The van der Waals surface area contributed by atoms with Crippen molar-refractivity contribution in [2.75, 3.05) is 25.0 Å². The van der Waals surface area contributed by atoms with Crippen LogP contribution in [0.25, 0.3) is 0 Å². The second-order valence-corrected chi connectivity index (χ2v) is 4.74. The molecular formula is C14H18N2O3. The van der Waals surface area contributed by atoms with Crippen LogP contribution in [-0.2, 0) is 9.59 Å². The Morgan fingerprint density at radius 2 is 1.84 bits per heavy atom. The van der Waals surface area contributed by atoms with Crippen molar-refractivity contribution in [1.29, 1.82) is 0 Å². The van der Waals surface area contributed by atoms with E-state index >= 15 is 0 Å². The smallest absolute Gasteiger partial charge is 0.313 e. The number of nitrogens with one attached hydrogen (secondary N) is 1. The maximum Gasteiger partial charge on any atom is 0.313 e. The van der Waals surface area contributed by atoms with Crippen molar-refractivity contribution in [1.82, 2.24) is 4.90 Å². The highest BCUT2D eigenvalue weighted by molar-refractivity contribution is 6.39. The minimum absolute atomic E-state index is 0.151. The van der Waals surface area contributed by atoms with Gasteiger partial charge in [0.05, 0.1) is 0 Å². The van der Waals surface area contributed by atoms with Crippen molar-refractivity contribution < 1.29 is 14.7 Å². The molecule has 1 heterocycles. The van der Waals surface area contributed by atoms with Gasteiger partial charge in [-0.2, -0.15) is 0 Å². The molecule has 1 fully saturated rings. The number of amides is 2. The number of para-hydroxylation sites is 1. The summed E-state index contributed by atoms with van der Waals surface area (Å²) in [5, 5.41) is 11.6. The molecule has 5 heteroatoms. The van der Waals surface area contributed by atoms with Crippen LogP contribution in [0.1, 0.15) is 12.8 Å². The van der Waals surface area contributed by atoms with Gasteiger partial charge in [0.15, 0.2) is 0 Å². The molecule has 2 amide bonds. The number of nitrogens with zero attached hydrogens (tertiary/aromatic N) is 1. The van der Waals surface area contributed by atoms with E-state index in [0.717, 1.165) is 12.8 Å². The number of carbonyl (C=O) groups excluding carboxylic acids is 2. The molecule has 0 bridgehead atoms. The Labute approximate surface area is 112 Å². The predicted octanol–water partition coefficient (Wildman–Crippen LogP) is 0.856. The summed E-state index contributed by atoms with van der Waals surface area (Å²) in [7, 11) is 0. The monoisotopic (exact) mass is 262 g/mol. The topological polar surface area (TPSA) is 69.6 Å². The van der Waals surface area contributed by atoms with Gasteiger partial charge in [-0.05, 0) is 30.9 Å². The minimum atomic E-state index is -0.603. The van der Waals surface area contributed by atoms with Gasteiger partial charge in [-0.25, -0.2) is 0 Å². The molecule has 0 saturated carbocycles. The Balaban J connectivity index is 1.88. The third-order valence-electron chi connectivity index (χ3n) is 3.39. The minimum Gasteiger partial charge on any atom is -0.396 e. The highest BCUT2D eigenvalue weighted by Gasteiger charge is 2.26. The average molecular weight is 262 g/mol. The number of hydrogen-bond acceptors (Lipinski definition) is 3. The molecule has 0 radical (unpaired) electrons. The fourth-order valence-electron chi connectivity index (χ4n) is 2.17. The lowest BCUT2D eigenvalue weighted by atomic mass is 9.98. The number of aliphatic hydroxyl groups excluding tert-OH is 1. The fraction of sp³-hybridized carbons (Fsp3) is 0.429. The van der Waals surface area contributed by atoms with Gasteiger partial charge < -0.3 is 15.3 Å². The lowest BCUT2D eigenvalue weighted by molar-refractivity contribution is -0.144. The van der Waals surface area contributed by atoms with Crippen molar-refractivity contribution >= 4 is 17.5 Å². The zero-order valence-corrected chi connectivity index (χ0v) is 10.7. The maximum absolute atomic E-state index is 11.9. The van der Waals surface area contributed by atoms with E-state index in [4.69, 9.17) is 5.11 Å². The maximum atomic E-state index is 11.9. The lowest BCUT2D eigenvalue weighted by Gasteiger charge is -2.30. The van der Waals surface area contributed by atoms with Gasteiger partial charge in [0, 0.05) is 25.4 Å². The average Bonchev–Trinajstić information content (AvgIpc) is 2.47. The van der Waals surface area contributed by atoms with E-state index in [1.807, 2.05) is 6.07 Å². The highest BCUT2D eigenvalue weighted by atomic mass is 16.3. The van der Waals surface area contributed by atoms with Gasteiger partial charge in [-0.3, -0.25) is 9.59 Å². The summed E-state index contributed by atoms with van der Waals surface area (Å²) in [6.45, 7) is 1.22. The fourth-order valence-corrected chi connectivity index (χ4v) is 2.17. The number of rotatable bonds is 2. The van der Waals surface area contributed by atoms with Gasteiger partial charge in [0.25, 0.3) is 0 Å². The molecule has 1 aromatic rings. The zero-order valence-electron chi connectivity index (χ0n) is 10.7. The molecule has 0 atom stereocenters. The van der Waals surface area contributed by atoms with Crippen LogP contribution in [0.5, 0.6) is 0 Å². The molecule has 1 saturated heterocycles. The van der Waals surface area contributed by atoms with E-state index < -0.39 is 11.8 Å². The Morgan fingerprint density at radius 1 is 1.21 bits per heavy atom. The third kappa shape index (κ3) is 3.54. The summed E-state index contributed by atoms with van der Waals surface area (Å²) in [6, 6.07) is 8.92. The largest absolute Gasteiger partial charge is 0.396 e. The molecule has 2 rings (SSSR count). The summed E-state index contributed by atoms with van der Waals surface area (Å²) >= 11 is 0. The van der Waals surface area contributed by atoms with Gasteiger partial charge in [-0.15, -0.1) is 0 Å². The van der Waals surface area contributed by atoms with E-state index in [1.54, 1.807) is 29.2 Å². The summed E-state index contributed by atoms with van der Waals surface area (Å²) in [6.07, 6.45) is 1.50. The number of hydrogen-bond donors (Lipinski definition) is 2. The molecule has 102 valence electrons. The number of likely N-dealkylation sites (tertiary alicyclic amines) is 1.